The van der Waals surface area contributed by atoms with Crippen LogP contribution >= 0.6 is 0 Å². The summed E-state index contributed by atoms with van der Waals surface area (Å²) in [6.07, 6.45) is 2.85. The Morgan fingerprint density at radius 1 is 1.13 bits per heavy atom. The van der Waals surface area contributed by atoms with Gasteiger partial charge in [0.1, 0.15) is 11.3 Å². The van der Waals surface area contributed by atoms with Gasteiger partial charge in [0.25, 0.3) is 0 Å². The summed E-state index contributed by atoms with van der Waals surface area (Å²) in [5, 5.41) is 21.7. The lowest BCUT2D eigenvalue weighted by Gasteiger charge is -2.03. The maximum Gasteiger partial charge on any atom is 0.358 e. The number of carbonyl (C=O) groups is 2. The Hall–Kier alpha value is -3.59. The van der Waals surface area contributed by atoms with Crippen LogP contribution in [0.2, 0.25) is 0 Å². The molecule has 0 aliphatic carbocycles. The highest BCUT2D eigenvalue weighted by Crippen LogP contribution is 2.24. The lowest BCUT2D eigenvalue weighted by atomic mass is 10.2. The van der Waals surface area contributed by atoms with Gasteiger partial charge in [0.15, 0.2) is 11.4 Å². The number of hydrogen-bond acceptors (Lipinski definition) is 7. The molecule has 160 valence electrons. The van der Waals surface area contributed by atoms with E-state index in [1.807, 2.05) is 13.8 Å². The van der Waals surface area contributed by atoms with Gasteiger partial charge in [-0.1, -0.05) is 26.0 Å². The zero-order valence-electron chi connectivity index (χ0n) is 16.9. The molecular weight excluding hydrogens is 393 g/mol. The van der Waals surface area contributed by atoms with Gasteiger partial charge in [-0.15, -0.1) is 0 Å². The first-order valence-electron chi connectivity index (χ1n) is 9.10. The summed E-state index contributed by atoms with van der Waals surface area (Å²) in [6, 6.07) is 9.48. The van der Waals surface area contributed by atoms with Crippen molar-refractivity contribution in [2.45, 2.75) is 20.4 Å². The monoisotopic (exact) mass is 417 g/mol. The highest BCUT2D eigenvalue weighted by molar-refractivity contribution is 5.96. The minimum Gasteiger partial charge on any atom is -0.504 e. The molecule has 8 nitrogen and oxygen atoms in total. The summed E-state index contributed by atoms with van der Waals surface area (Å²) < 4.78 is 16.9. The smallest absolute Gasteiger partial charge is 0.358 e. The number of carboxylic acid groups (broad SMARTS) is 1. The number of benzene rings is 1. The molecule has 30 heavy (non-hydrogen) atoms. The molecule has 3 rings (SSSR count). The summed E-state index contributed by atoms with van der Waals surface area (Å²) in [6.45, 7) is 4.68. The molecule has 0 saturated heterocycles. The quantitative estimate of drug-likeness (QED) is 0.541. The Balaban J connectivity index is 0.000000277. The third kappa shape index (κ3) is 7.44. The van der Waals surface area contributed by atoms with Crippen LogP contribution in [0.3, 0.4) is 0 Å². The lowest BCUT2D eigenvalue weighted by Crippen LogP contribution is -2.23. The fourth-order valence-corrected chi connectivity index (χ4v) is 2.17. The predicted molar refractivity (Wildman–Crippen MR) is 110 cm³/mol. The van der Waals surface area contributed by atoms with E-state index in [9.17, 15) is 19.1 Å². The Morgan fingerprint density at radius 3 is 2.40 bits per heavy atom. The van der Waals surface area contributed by atoms with Crippen LogP contribution in [-0.4, -0.2) is 45.8 Å². The van der Waals surface area contributed by atoms with Crippen molar-refractivity contribution in [3.8, 4) is 5.75 Å². The van der Waals surface area contributed by atoms with Crippen LogP contribution in [0.4, 0.5) is 4.39 Å². The Labute approximate surface area is 173 Å². The molecular formula is C21H24FN3O5. The third-order valence-electron chi connectivity index (χ3n) is 3.56. The van der Waals surface area contributed by atoms with Crippen molar-refractivity contribution in [1.29, 1.82) is 0 Å². The molecule has 3 N–H and O–H groups in total. The number of nitrogens with zero attached hydrogens (tertiary/aromatic N) is 2. The first-order valence-corrected chi connectivity index (χ1v) is 9.10. The number of rotatable bonds is 5. The summed E-state index contributed by atoms with van der Waals surface area (Å²) in [5.41, 5.74) is 0.798. The van der Waals surface area contributed by atoms with E-state index in [0.717, 1.165) is 5.56 Å². The summed E-state index contributed by atoms with van der Waals surface area (Å²) in [5.74, 6) is -2.24. The number of halogens is 1. The molecule has 0 fully saturated rings. The van der Waals surface area contributed by atoms with Crippen LogP contribution < -0.4 is 5.32 Å². The second-order valence-electron chi connectivity index (χ2n) is 5.51. The van der Waals surface area contributed by atoms with E-state index in [-0.39, 0.29) is 29.5 Å². The molecule has 0 saturated carbocycles. The Kier molecular flexibility index (Phi) is 10.4. The van der Waals surface area contributed by atoms with E-state index in [4.69, 9.17) is 5.11 Å². The molecule has 2 heterocycles. The Morgan fingerprint density at radius 2 is 1.80 bits per heavy atom. The Bertz CT molecular complexity index is 965. The van der Waals surface area contributed by atoms with Gasteiger partial charge in [-0.2, -0.15) is 0 Å². The van der Waals surface area contributed by atoms with Gasteiger partial charge in [-0.3, -0.25) is 9.78 Å². The average molecular weight is 417 g/mol. The second-order valence-corrected chi connectivity index (χ2v) is 5.51. The second kappa shape index (κ2) is 12.8. The standard InChI is InChI=1S/C10H12FNO2.C9H6N2O3.C2H6/c1-14-10(13)7-12-6-8-2-4-9(11)5-3-8;12-8-6-5(2-1-3-10-6)4-11-7(8)9(13)14;1-2/h2-5,12H,6-7H2,1H3;1-4,12H,(H,13,14);1-2H3. The fraction of sp³-hybridized carbons (Fsp3) is 0.238. The number of fused-ring (bicyclic) bond motifs is 1. The SMILES string of the molecule is CC.COC(=O)CNCc1ccc(F)cc1.O=C(O)c1ncc2cccnc2c1O. The predicted octanol–water partition coefficient (Wildman–Crippen LogP) is 3.15. The highest BCUT2D eigenvalue weighted by atomic mass is 19.1. The average Bonchev–Trinajstić information content (AvgIpc) is 2.77. The van der Waals surface area contributed by atoms with Gasteiger partial charge < -0.3 is 20.3 Å². The number of aromatic carboxylic acids is 1. The number of methoxy groups -OCH3 is 1. The van der Waals surface area contributed by atoms with Gasteiger partial charge in [-0.25, -0.2) is 14.2 Å². The van der Waals surface area contributed by atoms with Crippen LogP contribution in [0.25, 0.3) is 10.9 Å². The molecule has 0 aliphatic rings. The van der Waals surface area contributed by atoms with Crippen LogP contribution in [0.1, 0.15) is 29.9 Å². The molecule has 0 spiro atoms. The van der Waals surface area contributed by atoms with Crippen molar-refractivity contribution < 1.29 is 28.9 Å². The molecule has 3 aromatic rings. The number of carbonyl (C=O) groups excluding carboxylic acids is 1. The van der Waals surface area contributed by atoms with Gasteiger partial charge in [0.2, 0.25) is 0 Å². The van der Waals surface area contributed by atoms with Gasteiger partial charge in [0.05, 0.1) is 13.7 Å². The van der Waals surface area contributed by atoms with E-state index in [2.05, 4.69) is 20.0 Å². The zero-order chi connectivity index (χ0) is 22.5. The molecule has 1 aromatic carbocycles. The number of pyridine rings is 2. The van der Waals surface area contributed by atoms with Crippen LogP contribution in [-0.2, 0) is 16.1 Å². The summed E-state index contributed by atoms with van der Waals surface area (Å²) in [4.78, 5) is 28.8. The number of hydrogen-bond donors (Lipinski definition) is 3. The van der Waals surface area contributed by atoms with Crippen molar-refractivity contribution in [3.63, 3.8) is 0 Å². The van der Waals surface area contributed by atoms with Crippen molar-refractivity contribution in [2.75, 3.05) is 13.7 Å². The van der Waals surface area contributed by atoms with Crippen LogP contribution in [0.15, 0.2) is 48.8 Å². The number of ether oxygens (including phenoxy) is 1. The molecule has 9 heteroatoms. The molecule has 0 bridgehead atoms. The maximum atomic E-state index is 12.5. The largest absolute Gasteiger partial charge is 0.504 e. The van der Waals surface area contributed by atoms with Crippen molar-refractivity contribution >= 4 is 22.8 Å². The van der Waals surface area contributed by atoms with Crippen LogP contribution in [0.5, 0.6) is 5.75 Å². The summed E-state index contributed by atoms with van der Waals surface area (Å²) >= 11 is 0. The number of aromatic nitrogens is 2. The number of aromatic hydroxyl groups is 1. The lowest BCUT2D eigenvalue weighted by molar-refractivity contribution is -0.139. The van der Waals surface area contributed by atoms with Gasteiger partial charge in [-0.05, 0) is 29.8 Å². The molecule has 2 aromatic heterocycles. The van der Waals surface area contributed by atoms with Gasteiger partial charge >= 0.3 is 11.9 Å². The number of esters is 1. The minimum absolute atomic E-state index is 0.161. The maximum absolute atomic E-state index is 12.5. The zero-order valence-corrected chi connectivity index (χ0v) is 16.9. The van der Waals surface area contributed by atoms with Gasteiger partial charge in [0, 0.05) is 24.3 Å². The molecule has 0 aliphatic heterocycles. The first kappa shape index (κ1) is 24.4. The van der Waals surface area contributed by atoms with E-state index in [1.165, 1.54) is 31.6 Å². The molecule has 0 atom stereocenters. The first-order chi connectivity index (χ1) is 14.4. The highest BCUT2D eigenvalue weighted by Gasteiger charge is 2.14. The topological polar surface area (TPSA) is 122 Å². The van der Waals surface area contributed by atoms with E-state index < -0.39 is 11.7 Å². The van der Waals surface area contributed by atoms with Crippen molar-refractivity contribution in [2.24, 2.45) is 0 Å². The van der Waals surface area contributed by atoms with Crippen molar-refractivity contribution in [3.05, 3.63) is 65.9 Å². The number of nitrogens with one attached hydrogen (secondary N) is 1. The van der Waals surface area contributed by atoms with Crippen molar-refractivity contribution in [1.82, 2.24) is 15.3 Å². The van der Waals surface area contributed by atoms with E-state index >= 15 is 0 Å². The van der Waals surface area contributed by atoms with Crippen LogP contribution in [0, 0.1) is 5.82 Å². The number of carboxylic acids is 1. The molecule has 0 amide bonds. The molecule has 0 unspecified atom stereocenters. The molecule has 0 radical (unpaired) electrons. The minimum atomic E-state index is -1.27. The normalized spacial score (nSPS) is 9.60. The fourth-order valence-electron chi connectivity index (χ4n) is 2.17. The summed E-state index contributed by atoms with van der Waals surface area (Å²) in [7, 11) is 1.34. The van der Waals surface area contributed by atoms with E-state index in [1.54, 1.807) is 24.3 Å². The third-order valence-corrected chi connectivity index (χ3v) is 3.56. The van der Waals surface area contributed by atoms with E-state index in [0.29, 0.717) is 11.9 Å².